The maximum atomic E-state index is 13.0. The van der Waals surface area contributed by atoms with Crippen LogP contribution in [0.4, 0.5) is 4.39 Å². The van der Waals surface area contributed by atoms with Gasteiger partial charge in [-0.25, -0.2) is 4.39 Å². The van der Waals surface area contributed by atoms with Crippen molar-refractivity contribution in [1.29, 1.82) is 0 Å². The first-order valence-electron chi connectivity index (χ1n) is 7.84. The van der Waals surface area contributed by atoms with Crippen molar-refractivity contribution in [3.63, 3.8) is 0 Å². The number of hydrogen-bond donors (Lipinski definition) is 1. The Bertz CT molecular complexity index is 869. The molecule has 0 fully saturated rings. The van der Waals surface area contributed by atoms with E-state index in [0.29, 0.717) is 23.0 Å². The van der Waals surface area contributed by atoms with Gasteiger partial charge in [-0.2, -0.15) is 10.1 Å². The average molecular weight is 343 g/mol. The van der Waals surface area contributed by atoms with Crippen LogP contribution in [-0.2, 0) is 7.05 Å². The van der Waals surface area contributed by atoms with E-state index < -0.39 is 11.9 Å². The smallest absolute Gasteiger partial charge is 0.251 e. The van der Waals surface area contributed by atoms with E-state index in [2.05, 4.69) is 20.6 Å². The summed E-state index contributed by atoms with van der Waals surface area (Å²) in [6.07, 6.45) is 1.78. The zero-order valence-electron chi connectivity index (χ0n) is 14.1. The normalized spacial score (nSPS) is 12.4. The molecule has 1 aromatic carbocycles. The number of carbonyl (C=O) groups excluding carboxylic acids is 1. The van der Waals surface area contributed by atoms with E-state index in [9.17, 15) is 9.18 Å². The molecule has 130 valence electrons. The number of benzene rings is 1. The van der Waals surface area contributed by atoms with Crippen molar-refractivity contribution >= 4 is 5.91 Å². The molecule has 3 rings (SSSR count). The minimum Gasteiger partial charge on any atom is -0.340 e. The van der Waals surface area contributed by atoms with Gasteiger partial charge in [0, 0.05) is 18.8 Å². The summed E-state index contributed by atoms with van der Waals surface area (Å²) in [4.78, 5) is 16.7. The van der Waals surface area contributed by atoms with Crippen LogP contribution in [0.5, 0.6) is 0 Å². The standard InChI is InChI=1S/C17H18FN5O2/c1-10(2)14(19-16(24)11-4-6-12(18)7-5-11)17-20-15(22-25-17)13-8-9-23(3)21-13/h4-10,14H,1-3H3,(H,19,24)/t14-/m0/s1. The van der Waals surface area contributed by atoms with Gasteiger partial charge in [-0.05, 0) is 36.2 Å². The molecule has 0 unspecified atom stereocenters. The first-order valence-corrected chi connectivity index (χ1v) is 7.84. The highest BCUT2D eigenvalue weighted by molar-refractivity contribution is 5.94. The lowest BCUT2D eigenvalue weighted by atomic mass is 10.0. The molecule has 8 heteroatoms. The highest BCUT2D eigenvalue weighted by atomic mass is 19.1. The predicted molar refractivity (Wildman–Crippen MR) is 87.9 cm³/mol. The third-order valence-corrected chi connectivity index (χ3v) is 3.71. The van der Waals surface area contributed by atoms with Crippen LogP contribution in [0.3, 0.4) is 0 Å². The van der Waals surface area contributed by atoms with Crippen molar-refractivity contribution in [2.24, 2.45) is 13.0 Å². The van der Waals surface area contributed by atoms with Crippen LogP contribution in [0.25, 0.3) is 11.5 Å². The molecule has 1 atom stereocenters. The van der Waals surface area contributed by atoms with Crippen molar-refractivity contribution in [1.82, 2.24) is 25.2 Å². The highest BCUT2D eigenvalue weighted by Gasteiger charge is 2.25. The number of aryl methyl sites for hydroxylation is 1. The van der Waals surface area contributed by atoms with E-state index >= 15 is 0 Å². The Hall–Kier alpha value is -3.03. The predicted octanol–water partition coefficient (Wildman–Crippen LogP) is 2.74. The molecule has 0 bridgehead atoms. The van der Waals surface area contributed by atoms with Gasteiger partial charge in [0.15, 0.2) is 0 Å². The lowest BCUT2D eigenvalue weighted by Gasteiger charge is -2.18. The molecule has 0 aliphatic rings. The Morgan fingerprint density at radius 3 is 2.56 bits per heavy atom. The minimum atomic E-state index is -0.470. The topological polar surface area (TPSA) is 85.8 Å². The monoisotopic (exact) mass is 343 g/mol. The molecule has 0 aliphatic carbocycles. The van der Waals surface area contributed by atoms with Gasteiger partial charge in [-0.3, -0.25) is 9.48 Å². The molecular formula is C17H18FN5O2. The van der Waals surface area contributed by atoms with Crippen molar-refractivity contribution < 1.29 is 13.7 Å². The molecule has 3 aromatic rings. The highest BCUT2D eigenvalue weighted by Crippen LogP contribution is 2.23. The van der Waals surface area contributed by atoms with E-state index in [1.54, 1.807) is 24.0 Å². The Morgan fingerprint density at radius 2 is 1.96 bits per heavy atom. The Labute approximate surface area is 143 Å². The molecule has 7 nitrogen and oxygen atoms in total. The number of aromatic nitrogens is 4. The van der Waals surface area contributed by atoms with Gasteiger partial charge in [0.2, 0.25) is 11.7 Å². The average Bonchev–Trinajstić information content (AvgIpc) is 3.21. The lowest BCUT2D eigenvalue weighted by Crippen LogP contribution is -2.32. The number of nitrogens with zero attached hydrogens (tertiary/aromatic N) is 4. The number of nitrogens with one attached hydrogen (secondary N) is 1. The van der Waals surface area contributed by atoms with Gasteiger partial charge in [-0.1, -0.05) is 19.0 Å². The molecule has 0 radical (unpaired) electrons. The first kappa shape index (κ1) is 16.8. The summed E-state index contributed by atoms with van der Waals surface area (Å²) in [6, 6.07) is 6.64. The summed E-state index contributed by atoms with van der Waals surface area (Å²) >= 11 is 0. The van der Waals surface area contributed by atoms with Crippen molar-refractivity contribution in [3.8, 4) is 11.5 Å². The fourth-order valence-electron chi connectivity index (χ4n) is 2.34. The SMILES string of the molecule is CC(C)[C@H](NC(=O)c1ccc(F)cc1)c1nc(-c2ccn(C)n2)no1. The van der Waals surface area contributed by atoms with Gasteiger partial charge in [0.25, 0.3) is 5.91 Å². The van der Waals surface area contributed by atoms with Gasteiger partial charge < -0.3 is 9.84 Å². The van der Waals surface area contributed by atoms with E-state index in [4.69, 9.17) is 4.52 Å². The summed E-state index contributed by atoms with van der Waals surface area (Å²) in [5, 5.41) is 11.0. The van der Waals surface area contributed by atoms with E-state index in [-0.39, 0.29) is 11.8 Å². The van der Waals surface area contributed by atoms with Crippen LogP contribution in [0.1, 0.15) is 36.1 Å². The molecule has 1 N–H and O–H groups in total. The van der Waals surface area contributed by atoms with Crippen LogP contribution >= 0.6 is 0 Å². The second-order valence-corrected chi connectivity index (χ2v) is 6.03. The largest absolute Gasteiger partial charge is 0.340 e. The molecule has 0 saturated heterocycles. The van der Waals surface area contributed by atoms with Gasteiger partial charge in [0.05, 0.1) is 0 Å². The Balaban J connectivity index is 1.80. The molecule has 1 amide bonds. The number of amides is 1. The summed E-state index contributed by atoms with van der Waals surface area (Å²) < 4.78 is 20.0. The molecule has 2 heterocycles. The molecule has 0 aliphatic heterocycles. The van der Waals surface area contributed by atoms with Crippen LogP contribution in [-0.4, -0.2) is 25.8 Å². The molecular weight excluding hydrogens is 325 g/mol. The van der Waals surface area contributed by atoms with Crippen LogP contribution in [0.15, 0.2) is 41.1 Å². The number of carbonyl (C=O) groups is 1. The zero-order chi connectivity index (χ0) is 18.0. The van der Waals surface area contributed by atoms with E-state index in [0.717, 1.165) is 0 Å². The Morgan fingerprint density at radius 1 is 1.24 bits per heavy atom. The van der Waals surface area contributed by atoms with Crippen molar-refractivity contribution in [2.45, 2.75) is 19.9 Å². The molecule has 25 heavy (non-hydrogen) atoms. The third kappa shape index (κ3) is 3.73. The van der Waals surface area contributed by atoms with Crippen LogP contribution in [0.2, 0.25) is 0 Å². The number of halogens is 1. The zero-order valence-corrected chi connectivity index (χ0v) is 14.1. The summed E-state index contributed by atoms with van der Waals surface area (Å²) in [6.45, 7) is 3.86. The van der Waals surface area contributed by atoms with E-state index in [1.165, 1.54) is 24.3 Å². The number of rotatable bonds is 5. The first-order chi connectivity index (χ1) is 11.9. The van der Waals surface area contributed by atoms with E-state index in [1.807, 2.05) is 13.8 Å². The van der Waals surface area contributed by atoms with Crippen molar-refractivity contribution in [2.75, 3.05) is 0 Å². The lowest BCUT2D eigenvalue weighted by molar-refractivity contribution is 0.0914. The minimum absolute atomic E-state index is 0.0152. The van der Waals surface area contributed by atoms with Crippen molar-refractivity contribution in [3.05, 3.63) is 53.8 Å². The second kappa shape index (κ2) is 6.84. The summed E-state index contributed by atoms with van der Waals surface area (Å²) in [5.74, 6) is -0.0602. The van der Waals surface area contributed by atoms with Crippen LogP contribution in [0, 0.1) is 11.7 Å². The van der Waals surface area contributed by atoms with Gasteiger partial charge in [-0.15, -0.1) is 0 Å². The fourth-order valence-corrected chi connectivity index (χ4v) is 2.34. The molecule has 0 spiro atoms. The second-order valence-electron chi connectivity index (χ2n) is 6.03. The molecule has 0 saturated carbocycles. The Kier molecular flexibility index (Phi) is 4.60. The maximum Gasteiger partial charge on any atom is 0.251 e. The quantitative estimate of drug-likeness (QED) is 0.770. The summed E-state index contributed by atoms with van der Waals surface area (Å²) in [7, 11) is 1.80. The fraction of sp³-hybridized carbons (Fsp3) is 0.294. The number of hydrogen-bond acceptors (Lipinski definition) is 5. The van der Waals surface area contributed by atoms with Gasteiger partial charge >= 0.3 is 0 Å². The third-order valence-electron chi connectivity index (χ3n) is 3.71. The van der Waals surface area contributed by atoms with Crippen LogP contribution < -0.4 is 5.32 Å². The maximum absolute atomic E-state index is 13.0. The summed E-state index contributed by atoms with van der Waals surface area (Å²) in [5.41, 5.74) is 0.946. The van der Waals surface area contributed by atoms with Gasteiger partial charge in [0.1, 0.15) is 17.6 Å². The molecule has 2 aromatic heterocycles.